The van der Waals surface area contributed by atoms with Crippen molar-refractivity contribution in [3.05, 3.63) is 29.6 Å². The van der Waals surface area contributed by atoms with Crippen molar-refractivity contribution >= 4 is 10.0 Å². The average Bonchev–Trinajstić information content (AvgIpc) is 2.45. The Labute approximate surface area is 137 Å². The van der Waals surface area contributed by atoms with Crippen LogP contribution in [0.5, 0.6) is 0 Å². The number of halogens is 1. The van der Waals surface area contributed by atoms with Gasteiger partial charge in [0.15, 0.2) is 0 Å². The van der Waals surface area contributed by atoms with Gasteiger partial charge >= 0.3 is 0 Å². The molecule has 0 saturated carbocycles. The maximum Gasteiger partial charge on any atom is 0.243 e. The van der Waals surface area contributed by atoms with Crippen LogP contribution in [0.15, 0.2) is 23.1 Å². The van der Waals surface area contributed by atoms with E-state index in [-0.39, 0.29) is 4.90 Å². The van der Waals surface area contributed by atoms with Crippen molar-refractivity contribution < 1.29 is 12.8 Å². The van der Waals surface area contributed by atoms with Crippen molar-refractivity contribution in [1.29, 1.82) is 0 Å². The molecular weight excluding hydrogens is 317 g/mol. The Morgan fingerprint density at radius 2 is 1.78 bits per heavy atom. The van der Waals surface area contributed by atoms with E-state index in [0.717, 1.165) is 38.8 Å². The Morgan fingerprint density at radius 1 is 1.13 bits per heavy atom. The molecule has 0 aliphatic carbocycles. The van der Waals surface area contributed by atoms with Crippen LogP contribution in [-0.4, -0.2) is 74.4 Å². The van der Waals surface area contributed by atoms with Crippen molar-refractivity contribution in [3.63, 3.8) is 0 Å². The molecule has 1 aromatic carbocycles. The van der Waals surface area contributed by atoms with Gasteiger partial charge in [0.2, 0.25) is 10.0 Å². The highest BCUT2D eigenvalue weighted by atomic mass is 32.2. The molecule has 0 radical (unpaired) electrons. The SMILES string of the molecule is CCN1CCN(C2CN(S(=O)(=O)c3cc(C)cc(F)c3)C2)CC1. The van der Waals surface area contributed by atoms with Crippen LogP contribution in [0.25, 0.3) is 0 Å². The molecule has 2 aliphatic rings. The van der Waals surface area contributed by atoms with Gasteiger partial charge in [-0.2, -0.15) is 4.31 Å². The maximum absolute atomic E-state index is 13.5. The zero-order valence-corrected chi connectivity index (χ0v) is 14.5. The van der Waals surface area contributed by atoms with Crippen LogP contribution in [0, 0.1) is 12.7 Å². The van der Waals surface area contributed by atoms with Gasteiger partial charge < -0.3 is 4.90 Å². The first-order valence-electron chi connectivity index (χ1n) is 8.14. The Morgan fingerprint density at radius 3 is 2.35 bits per heavy atom. The first-order valence-corrected chi connectivity index (χ1v) is 9.58. The van der Waals surface area contributed by atoms with Gasteiger partial charge in [-0.05, 0) is 37.2 Å². The molecule has 1 aromatic rings. The number of piperazine rings is 1. The lowest BCUT2D eigenvalue weighted by Gasteiger charge is -2.47. The molecule has 0 N–H and O–H groups in total. The minimum atomic E-state index is -3.58. The van der Waals surface area contributed by atoms with E-state index < -0.39 is 15.8 Å². The highest BCUT2D eigenvalue weighted by molar-refractivity contribution is 7.89. The number of aryl methyl sites for hydroxylation is 1. The lowest BCUT2D eigenvalue weighted by molar-refractivity contribution is 0.0425. The van der Waals surface area contributed by atoms with Crippen molar-refractivity contribution in [2.45, 2.75) is 24.8 Å². The van der Waals surface area contributed by atoms with Crippen molar-refractivity contribution in [1.82, 2.24) is 14.1 Å². The van der Waals surface area contributed by atoms with E-state index in [4.69, 9.17) is 0 Å². The molecule has 23 heavy (non-hydrogen) atoms. The largest absolute Gasteiger partial charge is 0.301 e. The van der Waals surface area contributed by atoms with Crippen LogP contribution >= 0.6 is 0 Å². The zero-order valence-electron chi connectivity index (χ0n) is 13.7. The van der Waals surface area contributed by atoms with Crippen molar-refractivity contribution in [2.24, 2.45) is 0 Å². The third-order valence-electron chi connectivity index (χ3n) is 4.85. The summed E-state index contributed by atoms with van der Waals surface area (Å²) in [6.45, 7) is 10.0. The van der Waals surface area contributed by atoms with Crippen LogP contribution < -0.4 is 0 Å². The van der Waals surface area contributed by atoms with E-state index in [1.807, 2.05) is 0 Å². The number of sulfonamides is 1. The molecule has 2 saturated heterocycles. The van der Waals surface area contributed by atoms with Gasteiger partial charge in [-0.15, -0.1) is 0 Å². The predicted octanol–water partition coefficient (Wildman–Crippen LogP) is 1.14. The van der Waals surface area contributed by atoms with Gasteiger partial charge in [0.05, 0.1) is 4.90 Å². The van der Waals surface area contributed by atoms with Crippen LogP contribution in [-0.2, 0) is 10.0 Å². The average molecular weight is 341 g/mol. The molecule has 0 aromatic heterocycles. The fourth-order valence-electron chi connectivity index (χ4n) is 3.29. The summed E-state index contributed by atoms with van der Waals surface area (Å²) >= 11 is 0. The molecule has 0 unspecified atom stereocenters. The minimum absolute atomic E-state index is 0.0595. The second-order valence-corrected chi connectivity index (χ2v) is 8.35. The van der Waals surface area contributed by atoms with Crippen molar-refractivity contribution in [3.8, 4) is 0 Å². The summed E-state index contributed by atoms with van der Waals surface area (Å²) in [5.74, 6) is -0.503. The third kappa shape index (κ3) is 3.42. The summed E-state index contributed by atoms with van der Waals surface area (Å²) in [6, 6.07) is 4.27. The number of benzene rings is 1. The van der Waals surface area contributed by atoms with Gasteiger partial charge in [0.25, 0.3) is 0 Å². The first kappa shape index (κ1) is 16.8. The van der Waals surface area contributed by atoms with Gasteiger partial charge in [0.1, 0.15) is 5.82 Å². The third-order valence-corrected chi connectivity index (χ3v) is 6.66. The maximum atomic E-state index is 13.5. The monoisotopic (exact) mass is 341 g/mol. The number of rotatable bonds is 4. The van der Waals surface area contributed by atoms with E-state index in [1.54, 1.807) is 6.92 Å². The first-order chi connectivity index (χ1) is 10.9. The number of hydrogen-bond donors (Lipinski definition) is 0. The quantitative estimate of drug-likeness (QED) is 0.824. The van der Waals surface area contributed by atoms with E-state index in [1.165, 1.54) is 16.4 Å². The predicted molar refractivity (Wildman–Crippen MR) is 87.4 cm³/mol. The second kappa shape index (κ2) is 6.47. The fraction of sp³-hybridized carbons (Fsp3) is 0.625. The summed E-state index contributed by atoms with van der Waals surface area (Å²) in [6.07, 6.45) is 0. The molecule has 0 bridgehead atoms. The van der Waals surface area contributed by atoms with E-state index in [2.05, 4.69) is 16.7 Å². The Kier molecular flexibility index (Phi) is 4.73. The van der Waals surface area contributed by atoms with Crippen LogP contribution in [0.2, 0.25) is 0 Å². The molecule has 3 rings (SSSR count). The molecule has 0 spiro atoms. The molecule has 2 fully saturated rings. The summed E-state index contributed by atoms with van der Waals surface area (Å²) in [4.78, 5) is 4.83. The summed E-state index contributed by atoms with van der Waals surface area (Å²) < 4.78 is 40.1. The lowest BCUT2D eigenvalue weighted by atomic mass is 10.1. The molecule has 0 amide bonds. The van der Waals surface area contributed by atoms with E-state index in [9.17, 15) is 12.8 Å². The molecule has 5 nitrogen and oxygen atoms in total. The van der Waals surface area contributed by atoms with Gasteiger partial charge in [-0.25, -0.2) is 12.8 Å². The topological polar surface area (TPSA) is 43.9 Å². The van der Waals surface area contributed by atoms with E-state index >= 15 is 0 Å². The Balaban J connectivity index is 1.62. The van der Waals surface area contributed by atoms with Gasteiger partial charge in [-0.3, -0.25) is 4.90 Å². The molecule has 128 valence electrons. The zero-order chi connectivity index (χ0) is 16.6. The lowest BCUT2D eigenvalue weighted by Crippen LogP contribution is -2.64. The minimum Gasteiger partial charge on any atom is -0.301 e. The highest BCUT2D eigenvalue weighted by Crippen LogP contribution is 2.26. The number of hydrogen-bond acceptors (Lipinski definition) is 4. The van der Waals surface area contributed by atoms with Gasteiger partial charge in [0, 0.05) is 45.3 Å². The van der Waals surface area contributed by atoms with E-state index in [0.29, 0.717) is 24.7 Å². The van der Waals surface area contributed by atoms with Crippen LogP contribution in [0.3, 0.4) is 0 Å². The van der Waals surface area contributed by atoms with Gasteiger partial charge in [-0.1, -0.05) is 6.92 Å². The fourth-order valence-corrected chi connectivity index (χ4v) is 4.92. The number of likely N-dealkylation sites (N-methyl/N-ethyl adjacent to an activating group) is 1. The summed E-state index contributed by atoms with van der Waals surface area (Å²) in [5, 5.41) is 0. The molecule has 7 heteroatoms. The standard InChI is InChI=1S/C16H24FN3O2S/c1-3-18-4-6-19(7-5-18)15-11-20(12-15)23(21,22)16-9-13(2)8-14(17)10-16/h8-10,15H,3-7,11-12H2,1-2H3. The normalized spacial score (nSPS) is 22.2. The molecule has 2 aliphatic heterocycles. The highest BCUT2D eigenvalue weighted by Gasteiger charge is 2.40. The van der Waals surface area contributed by atoms with Crippen molar-refractivity contribution in [2.75, 3.05) is 45.8 Å². The molecule has 2 heterocycles. The number of nitrogens with zero attached hydrogens (tertiary/aromatic N) is 3. The molecular formula is C16H24FN3O2S. The Bertz CT molecular complexity index is 646. The summed E-state index contributed by atoms with van der Waals surface area (Å²) in [5.41, 5.74) is 0.622. The smallest absolute Gasteiger partial charge is 0.243 e. The molecule has 0 atom stereocenters. The van der Waals surface area contributed by atoms with Crippen LogP contribution in [0.1, 0.15) is 12.5 Å². The van der Waals surface area contributed by atoms with Crippen LogP contribution in [0.4, 0.5) is 4.39 Å². The summed E-state index contributed by atoms with van der Waals surface area (Å²) in [7, 11) is -3.58. The second-order valence-electron chi connectivity index (χ2n) is 6.41. The Hall–Kier alpha value is -1.02.